The van der Waals surface area contributed by atoms with E-state index in [-0.39, 0.29) is 19.0 Å². The second kappa shape index (κ2) is 5.85. The molecule has 7 nitrogen and oxygen atoms in total. The number of aromatic nitrogens is 2. The summed E-state index contributed by atoms with van der Waals surface area (Å²) < 4.78 is 0.594. The smallest absolute Gasteiger partial charge is 0.239 e. The van der Waals surface area contributed by atoms with Gasteiger partial charge in [0.15, 0.2) is 0 Å². The Morgan fingerprint density at radius 3 is 2.56 bits per heavy atom. The monoisotopic (exact) mass is 281 g/mol. The summed E-state index contributed by atoms with van der Waals surface area (Å²) in [5, 5.41) is 17.3. The number of rotatable bonds is 4. The van der Waals surface area contributed by atoms with E-state index >= 15 is 0 Å². The molecule has 1 heterocycles. The van der Waals surface area contributed by atoms with Gasteiger partial charge in [-0.1, -0.05) is 0 Å². The van der Waals surface area contributed by atoms with Crippen molar-refractivity contribution in [3.8, 4) is 12.1 Å². The van der Waals surface area contributed by atoms with Crippen LogP contribution in [0.5, 0.6) is 0 Å². The van der Waals surface area contributed by atoms with Crippen molar-refractivity contribution in [2.24, 2.45) is 5.84 Å². The van der Waals surface area contributed by atoms with Gasteiger partial charge in [0, 0.05) is 6.20 Å². The number of anilines is 2. The molecular weight excluding hydrogens is 274 g/mol. The van der Waals surface area contributed by atoms with Gasteiger partial charge in [0.05, 0.1) is 16.6 Å². The molecule has 1 aromatic rings. The van der Waals surface area contributed by atoms with Crippen LogP contribution in [0.1, 0.15) is 0 Å². The Morgan fingerprint density at radius 1 is 1.44 bits per heavy atom. The second-order valence-electron chi connectivity index (χ2n) is 2.68. The van der Waals surface area contributed by atoms with Gasteiger partial charge in [-0.15, -0.1) is 0 Å². The lowest BCUT2D eigenvalue weighted by molar-refractivity contribution is 0.919. The van der Waals surface area contributed by atoms with Gasteiger partial charge in [-0.05, 0) is 15.9 Å². The average molecular weight is 282 g/mol. The number of hydrogen-bond acceptors (Lipinski definition) is 7. The first-order valence-electron chi connectivity index (χ1n) is 4.21. The summed E-state index contributed by atoms with van der Waals surface area (Å²) in [4.78, 5) is 9.44. The lowest BCUT2D eigenvalue weighted by atomic mass is 10.4. The molecule has 0 fully saturated rings. The zero-order chi connectivity index (χ0) is 12.0. The Balaban J connectivity index is 3.08. The average Bonchev–Trinajstić information content (AvgIpc) is 2.29. The third-order valence-corrected chi connectivity index (χ3v) is 2.24. The highest BCUT2D eigenvalue weighted by Crippen LogP contribution is 2.23. The van der Waals surface area contributed by atoms with Crippen LogP contribution in [0, 0.1) is 22.7 Å². The van der Waals surface area contributed by atoms with Crippen molar-refractivity contribution in [3.05, 3.63) is 10.7 Å². The minimum atomic E-state index is 0.0627. The number of hydrogen-bond donors (Lipinski definition) is 2. The molecule has 16 heavy (non-hydrogen) atoms. The molecule has 0 amide bonds. The van der Waals surface area contributed by atoms with Gasteiger partial charge in [-0.3, -0.25) is 5.43 Å². The predicted octanol–water partition coefficient (Wildman–Crippen LogP) is 0.378. The number of nitrogen functional groups attached to an aromatic ring is 1. The van der Waals surface area contributed by atoms with Gasteiger partial charge in [0.1, 0.15) is 18.9 Å². The minimum Gasteiger partial charge on any atom is -0.329 e. The predicted molar refractivity (Wildman–Crippen MR) is 61.0 cm³/mol. The van der Waals surface area contributed by atoms with Gasteiger partial charge in [0.2, 0.25) is 5.95 Å². The standard InChI is InChI=1S/C8H8BrN7/c9-6-5-13-8(15-12)14-7(6)16(3-1-10)4-2-11/h5H,3-4,12H2,(H,13,14,15). The fourth-order valence-corrected chi connectivity index (χ4v) is 1.47. The van der Waals surface area contributed by atoms with Crippen LogP contribution in [-0.4, -0.2) is 23.1 Å². The molecule has 0 aliphatic heterocycles. The van der Waals surface area contributed by atoms with E-state index in [0.29, 0.717) is 10.3 Å². The zero-order valence-corrected chi connectivity index (χ0v) is 9.77. The molecular formula is C8H8BrN7. The Hall–Kier alpha value is -1.90. The summed E-state index contributed by atoms with van der Waals surface area (Å²) in [6.07, 6.45) is 1.50. The molecule has 0 unspecified atom stereocenters. The van der Waals surface area contributed by atoms with Crippen LogP contribution >= 0.6 is 15.9 Å². The maximum atomic E-state index is 8.64. The van der Waals surface area contributed by atoms with Gasteiger partial charge >= 0.3 is 0 Å². The molecule has 0 spiro atoms. The maximum Gasteiger partial charge on any atom is 0.239 e. The lowest BCUT2D eigenvalue weighted by Gasteiger charge is -2.18. The maximum absolute atomic E-state index is 8.64. The van der Waals surface area contributed by atoms with Crippen molar-refractivity contribution >= 4 is 27.7 Å². The van der Waals surface area contributed by atoms with Crippen LogP contribution in [0.25, 0.3) is 0 Å². The first kappa shape index (κ1) is 12.2. The molecule has 1 aromatic heterocycles. The van der Waals surface area contributed by atoms with E-state index in [1.807, 2.05) is 12.1 Å². The van der Waals surface area contributed by atoms with Crippen LogP contribution in [0.4, 0.5) is 11.8 Å². The normalized spacial score (nSPS) is 9.00. The number of halogens is 1. The summed E-state index contributed by atoms with van der Waals surface area (Å²) in [7, 11) is 0. The SMILES string of the molecule is N#CCN(CC#N)c1nc(NN)ncc1Br. The van der Waals surface area contributed by atoms with Crippen molar-refractivity contribution in [1.29, 1.82) is 10.5 Å². The number of nitrogens with two attached hydrogens (primary N) is 1. The first-order valence-corrected chi connectivity index (χ1v) is 5.00. The van der Waals surface area contributed by atoms with Crippen molar-refractivity contribution in [2.45, 2.75) is 0 Å². The molecule has 0 bridgehead atoms. The molecule has 0 saturated carbocycles. The second-order valence-corrected chi connectivity index (χ2v) is 3.54. The largest absolute Gasteiger partial charge is 0.329 e. The summed E-state index contributed by atoms with van der Waals surface area (Å²) in [6, 6.07) is 3.92. The number of hydrazine groups is 1. The van der Waals surface area contributed by atoms with Crippen LogP contribution in [0.15, 0.2) is 10.7 Å². The Bertz CT molecular complexity index is 431. The van der Waals surface area contributed by atoms with E-state index in [0.717, 1.165) is 0 Å². The van der Waals surface area contributed by atoms with Gasteiger partial charge in [0.25, 0.3) is 0 Å². The molecule has 0 aliphatic carbocycles. The minimum absolute atomic E-state index is 0.0627. The molecule has 0 saturated heterocycles. The fraction of sp³-hybridized carbons (Fsp3) is 0.250. The summed E-state index contributed by atoms with van der Waals surface area (Å²) >= 11 is 3.25. The Labute approximate surface area is 101 Å². The van der Waals surface area contributed by atoms with Crippen LogP contribution < -0.4 is 16.2 Å². The number of nitriles is 2. The number of nitrogens with zero attached hydrogens (tertiary/aromatic N) is 5. The summed E-state index contributed by atoms with van der Waals surface area (Å²) in [5.74, 6) is 5.85. The molecule has 0 aromatic carbocycles. The Morgan fingerprint density at radius 2 is 2.06 bits per heavy atom. The highest BCUT2D eigenvalue weighted by atomic mass is 79.9. The third kappa shape index (κ3) is 2.79. The molecule has 1 rings (SSSR count). The summed E-state index contributed by atoms with van der Waals surface area (Å²) in [5.41, 5.74) is 2.30. The quantitative estimate of drug-likeness (QED) is 0.466. The van der Waals surface area contributed by atoms with Crippen molar-refractivity contribution in [3.63, 3.8) is 0 Å². The highest BCUT2D eigenvalue weighted by Gasteiger charge is 2.12. The molecule has 0 radical (unpaired) electrons. The molecule has 82 valence electrons. The molecule has 0 aliphatic rings. The van der Waals surface area contributed by atoms with Crippen molar-refractivity contribution in [1.82, 2.24) is 9.97 Å². The lowest BCUT2D eigenvalue weighted by Crippen LogP contribution is -2.26. The highest BCUT2D eigenvalue weighted by molar-refractivity contribution is 9.10. The number of nitrogens with one attached hydrogen (secondary N) is 1. The van der Waals surface area contributed by atoms with Gasteiger partial charge < -0.3 is 4.90 Å². The molecule has 0 atom stereocenters. The third-order valence-electron chi connectivity index (χ3n) is 1.68. The van der Waals surface area contributed by atoms with Crippen molar-refractivity contribution in [2.75, 3.05) is 23.4 Å². The van der Waals surface area contributed by atoms with E-state index in [9.17, 15) is 0 Å². The molecule has 3 N–H and O–H groups in total. The van der Waals surface area contributed by atoms with E-state index in [4.69, 9.17) is 16.4 Å². The van der Waals surface area contributed by atoms with Gasteiger partial charge in [-0.2, -0.15) is 15.5 Å². The van der Waals surface area contributed by atoms with Crippen molar-refractivity contribution < 1.29 is 0 Å². The van der Waals surface area contributed by atoms with Crippen LogP contribution in [0.2, 0.25) is 0 Å². The van der Waals surface area contributed by atoms with E-state index in [1.54, 1.807) is 0 Å². The van der Waals surface area contributed by atoms with E-state index < -0.39 is 0 Å². The topological polar surface area (TPSA) is 115 Å². The van der Waals surface area contributed by atoms with E-state index in [2.05, 4.69) is 31.3 Å². The van der Waals surface area contributed by atoms with E-state index in [1.165, 1.54) is 11.1 Å². The Kier molecular flexibility index (Phi) is 4.45. The zero-order valence-electron chi connectivity index (χ0n) is 8.18. The summed E-state index contributed by atoms with van der Waals surface area (Å²) in [6.45, 7) is 0.125. The van der Waals surface area contributed by atoms with Crippen LogP contribution in [-0.2, 0) is 0 Å². The molecule has 8 heteroatoms. The van der Waals surface area contributed by atoms with Crippen LogP contribution in [0.3, 0.4) is 0 Å². The van der Waals surface area contributed by atoms with Gasteiger partial charge in [-0.25, -0.2) is 10.8 Å². The first-order chi connectivity index (χ1) is 7.72. The fourth-order valence-electron chi connectivity index (χ4n) is 1.03.